The molecule has 8 heteroatoms. The molecule has 0 fully saturated rings. The van der Waals surface area contributed by atoms with Crippen molar-refractivity contribution in [1.29, 1.82) is 0 Å². The standard InChI is InChI=1S/C15H15F3N2O2S/c16-15(17,18)10-4-1-3-9(7-10)14(22)20-12(13(19)21)8-11-5-2-6-23-11/h1-4,6-7,11-12H,5,8H2,(H2,19,21)(H,20,22)/t11?,12-/m0/s1. The van der Waals surface area contributed by atoms with Gasteiger partial charge in [-0.3, -0.25) is 9.59 Å². The molecule has 124 valence electrons. The van der Waals surface area contributed by atoms with E-state index >= 15 is 0 Å². The van der Waals surface area contributed by atoms with Gasteiger partial charge in [-0.05, 0) is 36.4 Å². The summed E-state index contributed by atoms with van der Waals surface area (Å²) in [6.07, 6.45) is -1.50. The predicted molar refractivity (Wildman–Crippen MR) is 81.6 cm³/mol. The van der Waals surface area contributed by atoms with Gasteiger partial charge < -0.3 is 11.1 Å². The van der Waals surface area contributed by atoms with Crippen LogP contribution in [0.4, 0.5) is 13.2 Å². The number of hydrogen-bond acceptors (Lipinski definition) is 3. The Morgan fingerprint density at radius 1 is 1.39 bits per heavy atom. The topological polar surface area (TPSA) is 72.2 Å². The van der Waals surface area contributed by atoms with E-state index in [9.17, 15) is 22.8 Å². The minimum absolute atomic E-state index is 0.120. The number of benzene rings is 1. The number of hydrogen-bond donors (Lipinski definition) is 2. The summed E-state index contributed by atoms with van der Waals surface area (Å²) in [6, 6.07) is 3.11. The lowest BCUT2D eigenvalue weighted by Crippen LogP contribution is -2.45. The van der Waals surface area contributed by atoms with E-state index in [0.29, 0.717) is 6.42 Å². The van der Waals surface area contributed by atoms with Crippen LogP contribution in [0.3, 0.4) is 0 Å². The van der Waals surface area contributed by atoms with E-state index in [0.717, 1.165) is 24.6 Å². The molecule has 0 aliphatic carbocycles. The first-order chi connectivity index (χ1) is 10.8. The molecule has 2 rings (SSSR count). The summed E-state index contributed by atoms with van der Waals surface area (Å²) in [5.74, 6) is -1.46. The van der Waals surface area contributed by atoms with Crippen LogP contribution in [0.1, 0.15) is 28.8 Å². The average molecular weight is 344 g/mol. The lowest BCUT2D eigenvalue weighted by molar-refractivity contribution is -0.137. The minimum Gasteiger partial charge on any atom is -0.368 e. The Labute approximate surface area is 135 Å². The highest BCUT2D eigenvalue weighted by atomic mass is 32.2. The third-order valence-electron chi connectivity index (χ3n) is 3.37. The van der Waals surface area contributed by atoms with Crippen molar-refractivity contribution < 1.29 is 22.8 Å². The van der Waals surface area contributed by atoms with Crippen LogP contribution in [-0.4, -0.2) is 23.1 Å². The highest BCUT2D eigenvalue weighted by Crippen LogP contribution is 2.30. The Hall–Kier alpha value is -1.96. The lowest BCUT2D eigenvalue weighted by Gasteiger charge is -2.19. The molecule has 1 aromatic carbocycles. The Morgan fingerprint density at radius 3 is 2.70 bits per heavy atom. The fourth-order valence-corrected chi connectivity index (χ4v) is 3.14. The van der Waals surface area contributed by atoms with E-state index in [1.54, 1.807) is 0 Å². The second kappa shape index (κ2) is 7.08. The maximum Gasteiger partial charge on any atom is 0.416 e. The van der Waals surface area contributed by atoms with Gasteiger partial charge >= 0.3 is 6.18 Å². The number of nitrogens with one attached hydrogen (secondary N) is 1. The zero-order valence-corrected chi connectivity index (χ0v) is 12.8. The molecule has 1 unspecified atom stereocenters. The van der Waals surface area contributed by atoms with Crippen molar-refractivity contribution in [1.82, 2.24) is 5.32 Å². The molecule has 4 nitrogen and oxygen atoms in total. The molecule has 2 atom stereocenters. The molecule has 1 aliphatic rings. The molecule has 1 aromatic rings. The number of halogens is 3. The fraction of sp³-hybridized carbons (Fsp3) is 0.333. The summed E-state index contributed by atoms with van der Waals surface area (Å²) < 4.78 is 38.0. The van der Waals surface area contributed by atoms with Gasteiger partial charge in [0.15, 0.2) is 0 Å². The molecule has 2 amide bonds. The molecule has 0 radical (unpaired) electrons. The van der Waals surface area contributed by atoms with Crippen LogP contribution in [0, 0.1) is 0 Å². The van der Waals surface area contributed by atoms with Crippen LogP contribution >= 0.6 is 11.8 Å². The summed E-state index contributed by atoms with van der Waals surface area (Å²) in [6.45, 7) is 0. The molecule has 0 spiro atoms. The Morgan fingerprint density at radius 2 is 2.13 bits per heavy atom. The molecular weight excluding hydrogens is 329 g/mol. The van der Waals surface area contributed by atoms with Gasteiger partial charge in [-0.1, -0.05) is 12.1 Å². The van der Waals surface area contributed by atoms with E-state index in [1.807, 2.05) is 11.5 Å². The molecule has 0 bridgehead atoms. The first kappa shape index (κ1) is 17.4. The summed E-state index contributed by atoms with van der Waals surface area (Å²) in [4.78, 5) is 23.6. The van der Waals surface area contributed by atoms with Gasteiger partial charge in [0.2, 0.25) is 5.91 Å². The third kappa shape index (κ3) is 4.75. The molecular formula is C15H15F3N2O2S. The third-order valence-corrected chi connectivity index (χ3v) is 4.49. The van der Waals surface area contributed by atoms with Crippen molar-refractivity contribution in [3.8, 4) is 0 Å². The minimum atomic E-state index is -4.54. The first-order valence-corrected chi connectivity index (χ1v) is 7.79. The van der Waals surface area contributed by atoms with Gasteiger partial charge in [-0.25, -0.2) is 0 Å². The average Bonchev–Trinajstić information content (AvgIpc) is 2.98. The van der Waals surface area contributed by atoms with Gasteiger partial charge in [0, 0.05) is 10.8 Å². The second-order valence-electron chi connectivity index (χ2n) is 5.11. The Kier molecular flexibility index (Phi) is 5.35. The van der Waals surface area contributed by atoms with Crippen molar-refractivity contribution in [3.63, 3.8) is 0 Å². The van der Waals surface area contributed by atoms with Gasteiger partial charge in [-0.2, -0.15) is 13.2 Å². The van der Waals surface area contributed by atoms with Crippen LogP contribution in [-0.2, 0) is 11.0 Å². The summed E-state index contributed by atoms with van der Waals surface area (Å²) in [7, 11) is 0. The molecule has 23 heavy (non-hydrogen) atoms. The highest BCUT2D eigenvalue weighted by molar-refractivity contribution is 8.03. The smallest absolute Gasteiger partial charge is 0.368 e. The van der Waals surface area contributed by atoms with Crippen molar-refractivity contribution in [2.75, 3.05) is 0 Å². The van der Waals surface area contributed by atoms with E-state index < -0.39 is 29.6 Å². The van der Waals surface area contributed by atoms with Gasteiger partial charge in [0.1, 0.15) is 6.04 Å². The largest absolute Gasteiger partial charge is 0.416 e. The Bertz CT molecular complexity index is 623. The van der Waals surface area contributed by atoms with Crippen molar-refractivity contribution in [2.45, 2.75) is 30.3 Å². The van der Waals surface area contributed by atoms with E-state index in [1.165, 1.54) is 17.8 Å². The number of carbonyl (C=O) groups excluding carboxylic acids is 2. The highest BCUT2D eigenvalue weighted by Gasteiger charge is 2.31. The predicted octanol–water partition coefficient (Wildman–Crippen LogP) is 2.70. The maximum absolute atomic E-state index is 12.7. The molecule has 0 aromatic heterocycles. The number of nitrogens with two attached hydrogens (primary N) is 1. The molecule has 1 aliphatic heterocycles. The van der Waals surface area contributed by atoms with Gasteiger partial charge in [0.25, 0.3) is 5.91 Å². The summed E-state index contributed by atoms with van der Waals surface area (Å²) in [5, 5.41) is 4.44. The fourth-order valence-electron chi connectivity index (χ4n) is 2.17. The number of primary amides is 1. The van der Waals surface area contributed by atoms with Crippen LogP contribution in [0.5, 0.6) is 0 Å². The SMILES string of the molecule is NC(=O)[C@H](CC1CC=CS1)NC(=O)c1cccc(C(F)(F)F)c1. The van der Waals surface area contributed by atoms with E-state index in [2.05, 4.69) is 5.32 Å². The monoisotopic (exact) mass is 344 g/mol. The quantitative estimate of drug-likeness (QED) is 0.863. The number of rotatable bonds is 5. The van der Waals surface area contributed by atoms with E-state index in [4.69, 9.17) is 5.73 Å². The Balaban J connectivity index is 2.07. The van der Waals surface area contributed by atoms with Crippen LogP contribution < -0.4 is 11.1 Å². The normalized spacial score (nSPS) is 18.7. The maximum atomic E-state index is 12.7. The van der Waals surface area contributed by atoms with E-state index in [-0.39, 0.29) is 10.8 Å². The van der Waals surface area contributed by atoms with Crippen LogP contribution in [0.15, 0.2) is 35.7 Å². The molecule has 1 heterocycles. The summed E-state index contributed by atoms with van der Waals surface area (Å²) in [5.41, 5.74) is 4.19. The van der Waals surface area contributed by atoms with Gasteiger partial charge in [-0.15, -0.1) is 11.8 Å². The molecule has 0 saturated carbocycles. The van der Waals surface area contributed by atoms with Crippen molar-refractivity contribution in [2.24, 2.45) is 5.73 Å². The van der Waals surface area contributed by atoms with Crippen molar-refractivity contribution in [3.05, 3.63) is 46.9 Å². The molecule has 0 saturated heterocycles. The van der Waals surface area contributed by atoms with Gasteiger partial charge in [0.05, 0.1) is 5.56 Å². The number of carbonyl (C=O) groups is 2. The number of alkyl halides is 3. The zero-order valence-electron chi connectivity index (χ0n) is 12.0. The molecule has 3 N–H and O–H groups in total. The first-order valence-electron chi connectivity index (χ1n) is 6.85. The van der Waals surface area contributed by atoms with Crippen LogP contribution in [0.2, 0.25) is 0 Å². The number of thioether (sulfide) groups is 1. The zero-order chi connectivity index (χ0) is 17.0. The van der Waals surface area contributed by atoms with Crippen LogP contribution in [0.25, 0.3) is 0 Å². The number of amides is 2. The summed E-state index contributed by atoms with van der Waals surface area (Å²) >= 11 is 1.53. The second-order valence-corrected chi connectivity index (χ2v) is 6.32. The van der Waals surface area contributed by atoms with Crippen molar-refractivity contribution >= 4 is 23.6 Å². The number of allylic oxidation sites excluding steroid dienone is 1. The lowest BCUT2D eigenvalue weighted by atomic mass is 10.1.